The zero-order chi connectivity index (χ0) is 14.2. The van der Waals surface area contributed by atoms with Crippen LogP contribution >= 0.6 is 15.9 Å². The number of nitrogens with zero attached hydrogens (tertiary/aromatic N) is 1. The van der Waals surface area contributed by atoms with Crippen molar-refractivity contribution < 1.29 is 4.74 Å². The number of hydrogen-bond acceptors (Lipinski definition) is 3. The summed E-state index contributed by atoms with van der Waals surface area (Å²) in [5.74, 6) is 0. The summed E-state index contributed by atoms with van der Waals surface area (Å²) in [6.45, 7) is 4.97. The largest absolute Gasteiger partial charge is 0.370 e. The summed E-state index contributed by atoms with van der Waals surface area (Å²) in [6.07, 6.45) is 0. The van der Waals surface area contributed by atoms with E-state index in [9.17, 15) is 0 Å². The molecule has 0 saturated carbocycles. The number of nitrogens with one attached hydrogen (secondary N) is 1. The Balaban J connectivity index is 1.84. The van der Waals surface area contributed by atoms with Crippen molar-refractivity contribution in [2.75, 3.05) is 6.54 Å². The Morgan fingerprint density at radius 2 is 1.90 bits per heavy atom. The molecule has 1 heterocycles. The Morgan fingerprint density at radius 1 is 1.10 bits per heavy atom. The first-order valence-corrected chi connectivity index (χ1v) is 7.55. The Morgan fingerprint density at radius 3 is 2.70 bits per heavy atom. The standard InChI is InChI=1S/C16H19BrN2O/c1-2-18-10-15-7-4-8-16(19-15)12-20-11-13-5-3-6-14(17)9-13/h3-9,18H,2,10-12H2,1H3. The summed E-state index contributed by atoms with van der Waals surface area (Å²) in [5, 5.41) is 3.27. The first kappa shape index (κ1) is 15.2. The van der Waals surface area contributed by atoms with Crippen LogP contribution in [0.1, 0.15) is 23.9 Å². The van der Waals surface area contributed by atoms with Crippen LogP contribution in [-0.2, 0) is 24.5 Å². The third-order valence-electron chi connectivity index (χ3n) is 2.83. The van der Waals surface area contributed by atoms with Crippen molar-refractivity contribution in [2.45, 2.75) is 26.7 Å². The minimum Gasteiger partial charge on any atom is -0.370 e. The lowest BCUT2D eigenvalue weighted by Crippen LogP contribution is -2.13. The normalized spacial score (nSPS) is 10.7. The number of pyridine rings is 1. The fraction of sp³-hybridized carbons (Fsp3) is 0.312. The summed E-state index contributed by atoms with van der Waals surface area (Å²) in [4.78, 5) is 4.56. The summed E-state index contributed by atoms with van der Waals surface area (Å²) < 4.78 is 6.79. The lowest BCUT2D eigenvalue weighted by atomic mass is 10.2. The highest BCUT2D eigenvalue weighted by atomic mass is 79.9. The predicted molar refractivity (Wildman–Crippen MR) is 84.3 cm³/mol. The molecule has 3 nitrogen and oxygen atoms in total. The average Bonchev–Trinajstić information content (AvgIpc) is 2.46. The zero-order valence-corrected chi connectivity index (χ0v) is 13.2. The molecule has 0 spiro atoms. The second-order valence-electron chi connectivity index (χ2n) is 4.52. The van der Waals surface area contributed by atoms with E-state index in [-0.39, 0.29) is 0 Å². The van der Waals surface area contributed by atoms with Crippen molar-refractivity contribution in [1.29, 1.82) is 0 Å². The van der Waals surface area contributed by atoms with Crippen LogP contribution in [0.15, 0.2) is 46.9 Å². The number of aromatic nitrogens is 1. The summed E-state index contributed by atoms with van der Waals surface area (Å²) >= 11 is 3.46. The Labute approximate surface area is 128 Å². The van der Waals surface area contributed by atoms with E-state index in [1.54, 1.807) is 0 Å². The van der Waals surface area contributed by atoms with Gasteiger partial charge in [0.2, 0.25) is 0 Å². The molecule has 0 fully saturated rings. The fourth-order valence-corrected chi connectivity index (χ4v) is 2.31. The van der Waals surface area contributed by atoms with E-state index < -0.39 is 0 Å². The van der Waals surface area contributed by atoms with E-state index in [1.807, 2.05) is 30.3 Å². The van der Waals surface area contributed by atoms with Crippen LogP contribution < -0.4 is 5.32 Å². The van der Waals surface area contributed by atoms with E-state index in [4.69, 9.17) is 4.74 Å². The lowest BCUT2D eigenvalue weighted by Gasteiger charge is -2.07. The summed E-state index contributed by atoms with van der Waals surface area (Å²) in [5.41, 5.74) is 3.17. The molecule has 0 atom stereocenters. The van der Waals surface area contributed by atoms with E-state index >= 15 is 0 Å². The maximum absolute atomic E-state index is 5.72. The molecule has 2 aromatic rings. The molecule has 0 aliphatic rings. The quantitative estimate of drug-likeness (QED) is 0.838. The maximum Gasteiger partial charge on any atom is 0.0892 e. The van der Waals surface area contributed by atoms with Gasteiger partial charge >= 0.3 is 0 Å². The second-order valence-corrected chi connectivity index (χ2v) is 5.44. The van der Waals surface area contributed by atoms with Gasteiger partial charge in [-0.2, -0.15) is 0 Å². The second kappa shape index (κ2) is 8.15. The van der Waals surface area contributed by atoms with Crippen molar-refractivity contribution in [1.82, 2.24) is 10.3 Å². The molecule has 106 valence electrons. The topological polar surface area (TPSA) is 34.1 Å². The SMILES string of the molecule is CCNCc1cccc(COCc2cccc(Br)c2)n1. The molecular weight excluding hydrogens is 316 g/mol. The summed E-state index contributed by atoms with van der Waals surface area (Å²) in [6, 6.07) is 14.2. The maximum atomic E-state index is 5.72. The monoisotopic (exact) mass is 334 g/mol. The number of rotatable bonds is 7. The van der Waals surface area contributed by atoms with Crippen LogP contribution in [0.5, 0.6) is 0 Å². The number of halogens is 1. The van der Waals surface area contributed by atoms with E-state index in [0.717, 1.165) is 34.5 Å². The van der Waals surface area contributed by atoms with Gasteiger partial charge < -0.3 is 10.1 Å². The molecule has 20 heavy (non-hydrogen) atoms. The molecule has 4 heteroatoms. The predicted octanol–water partition coefficient (Wildman–Crippen LogP) is 3.67. The van der Waals surface area contributed by atoms with Crippen LogP contribution in [0, 0.1) is 0 Å². The third-order valence-corrected chi connectivity index (χ3v) is 3.32. The molecule has 0 aliphatic heterocycles. The van der Waals surface area contributed by atoms with E-state index in [0.29, 0.717) is 13.2 Å². The van der Waals surface area contributed by atoms with Gasteiger partial charge in [0, 0.05) is 11.0 Å². The van der Waals surface area contributed by atoms with E-state index in [2.05, 4.69) is 45.3 Å². The van der Waals surface area contributed by atoms with Gasteiger partial charge in [0.05, 0.1) is 24.6 Å². The van der Waals surface area contributed by atoms with Gasteiger partial charge in [-0.3, -0.25) is 4.98 Å². The minimum absolute atomic E-state index is 0.534. The Bertz CT molecular complexity index is 546. The smallest absolute Gasteiger partial charge is 0.0892 e. The third kappa shape index (κ3) is 5.04. The number of benzene rings is 1. The number of hydrogen-bond donors (Lipinski definition) is 1. The van der Waals surface area contributed by atoms with Gasteiger partial charge in [0.15, 0.2) is 0 Å². The van der Waals surface area contributed by atoms with Crippen molar-refractivity contribution in [3.05, 3.63) is 63.9 Å². The molecule has 0 bridgehead atoms. The van der Waals surface area contributed by atoms with Gasteiger partial charge in [-0.05, 0) is 36.4 Å². The van der Waals surface area contributed by atoms with Gasteiger partial charge in [-0.1, -0.05) is 41.1 Å². The molecule has 1 N–H and O–H groups in total. The van der Waals surface area contributed by atoms with Crippen LogP contribution in [0.25, 0.3) is 0 Å². The first-order valence-electron chi connectivity index (χ1n) is 6.75. The van der Waals surface area contributed by atoms with Crippen molar-refractivity contribution in [3.63, 3.8) is 0 Å². The highest BCUT2D eigenvalue weighted by Crippen LogP contribution is 2.13. The highest BCUT2D eigenvalue weighted by Gasteiger charge is 1.99. The van der Waals surface area contributed by atoms with Gasteiger partial charge in [0.1, 0.15) is 0 Å². The summed E-state index contributed by atoms with van der Waals surface area (Å²) in [7, 11) is 0. The molecular formula is C16H19BrN2O. The van der Waals surface area contributed by atoms with Gasteiger partial charge in [0.25, 0.3) is 0 Å². The van der Waals surface area contributed by atoms with Crippen LogP contribution in [-0.4, -0.2) is 11.5 Å². The van der Waals surface area contributed by atoms with E-state index in [1.165, 1.54) is 0 Å². The molecule has 0 unspecified atom stereocenters. The molecule has 1 aromatic carbocycles. The molecule has 1 aromatic heterocycles. The van der Waals surface area contributed by atoms with Crippen molar-refractivity contribution in [2.24, 2.45) is 0 Å². The Kier molecular flexibility index (Phi) is 6.18. The molecule has 0 aliphatic carbocycles. The van der Waals surface area contributed by atoms with Crippen LogP contribution in [0.2, 0.25) is 0 Å². The minimum atomic E-state index is 0.534. The van der Waals surface area contributed by atoms with Crippen LogP contribution in [0.3, 0.4) is 0 Å². The van der Waals surface area contributed by atoms with Crippen molar-refractivity contribution in [3.8, 4) is 0 Å². The van der Waals surface area contributed by atoms with Crippen molar-refractivity contribution >= 4 is 15.9 Å². The molecule has 0 amide bonds. The van der Waals surface area contributed by atoms with Crippen LogP contribution in [0.4, 0.5) is 0 Å². The zero-order valence-electron chi connectivity index (χ0n) is 11.6. The fourth-order valence-electron chi connectivity index (χ4n) is 1.86. The molecule has 0 radical (unpaired) electrons. The highest BCUT2D eigenvalue weighted by molar-refractivity contribution is 9.10. The molecule has 2 rings (SSSR count). The Hall–Kier alpha value is -1.23. The number of ether oxygens (including phenoxy) is 1. The first-order chi connectivity index (χ1) is 9.78. The van der Waals surface area contributed by atoms with Gasteiger partial charge in [-0.15, -0.1) is 0 Å². The average molecular weight is 335 g/mol. The molecule has 0 saturated heterocycles. The lowest BCUT2D eigenvalue weighted by molar-refractivity contribution is 0.104. The van der Waals surface area contributed by atoms with Gasteiger partial charge in [-0.25, -0.2) is 0 Å².